The fraction of sp³-hybridized carbons (Fsp3) is 0.235. The van der Waals surface area contributed by atoms with Crippen molar-refractivity contribution in [1.29, 1.82) is 0 Å². The largest absolute Gasteiger partial charge is 0.384 e. The van der Waals surface area contributed by atoms with E-state index in [9.17, 15) is 4.79 Å². The molecule has 0 fully saturated rings. The number of nitrogens with one attached hydrogen (secondary N) is 2. The molecule has 108 valence electrons. The molecule has 21 heavy (non-hydrogen) atoms. The van der Waals surface area contributed by atoms with Gasteiger partial charge in [0.15, 0.2) is 0 Å². The van der Waals surface area contributed by atoms with Crippen LogP contribution in [0.5, 0.6) is 0 Å². The van der Waals surface area contributed by atoms with E-state index in [2.05, 4.69) is 22.8 Å². The predicted octanol–water partition coefficient (Wildman–Crippen LogP) is 3.56. The van der Waals surface area contributed by atoms with Crippen LogP contribution >= 0.6 is 11.6 Å². The number of fused-ring (bicyclic) bond motifs is 1. The Kier molecular flexibility index (Phi) is 4.11. The summed E-state index contributed by atoms with van der Waals surface area (Å²) in [6.45, 7) is 1.37. The lowest BCUT2D eigenvalue weighted by atomic mass is 9.97. The Morgan fingerprint density at radius 1 is 1.19 bits per heavy atom. The number of carbonyl (C=O) groups is 1. The first-order valence-electron chi connectivity index (χ1n) is 7.06. The molecule has 1 unspecified atom stereocenters. The molecule has 1 atom stereocenters. The number of amides is 1. The molecule has 1 heterocycles. The van der Waals surface area contributed by atoms with Gasteiger partial charge in [-0.25, -0.2) is 0 Å². The van der Waals surface area contributed by atoms with Crippen molar-refractivity contribution in [2.24, 2.45) is 0 Å². The zero-order valence-corrected chi connectivity index (χ0v) is 12.4. The maximum atomic E-state index is 12.1. The Balaban J connectivity index is 1.54. The highest BCUT2D eigenvalue weighted by atomic mass is 35.5. The van der Waals surface area contributed by atoms with Crippen molar-refractivity contribution in [3.8, 4) is 0 Å². The number of carbonyl (C=O) groups excluding carboxylic acids is 1. The second-order valence-electron chi connectivity index (χ2n) is 5.27. The Morgan fingerprint density at radius 3 is 2.76 bits per heavy atom. The SMILES string of the molecule is O=C(CC1CNc2ccccc21)NCc1ccc(Cl)cc1. The average Bonchev–Trinajstić information content (AvgIpc) is 2.90. The van der Waals surface area contributed by atoms with E-state index < -0.39 is 0 Å². The zero-order chi connectivity index (χ0) is 14.7. The van der Waals surface area contributed by atoms with Crippen LogP contribution in [0.2, 0.25) is 5.02 Å². The summed E-state index contributed by atoms with van der Waals surface area (Å²) < 4.78 is 0. The minimum Gasteiger partial charge on any atom is -0.384 e. The van der Waals surface area contributed by atoms with E-state index in [1.807, 2.05) is 36.4 Å². The predicted molar refractivity (Wildman–Crippen MR) is 85.6 cm³/mol. The van der Waals surface area contributed by atoms with Crippen molar-refractivity contribution in [1.82, 2.24) is 5.32 Å². The van der Waals surface area contributed by atoms with Gasteiger partial charge in [-0.1, -0.05) is 41.9 Å². The van der Waals surface area contributed by atoms with Crippen LogP contribution in [0, 0.1) is 0 Å². The molecule has 2 N–H and O–H groups in total. The lowest BCUT2D eigenvalue weighted by Crippen LogP contribution is -2.25. The molecular weight excluding hydrogens is 284 g/mol. The van der Waals surface area contributed by atoms with Crippen LogP contribution in [0.3, 0.4) is 0 Å². The molecule has 0 aliphatic carbocycles. The van der Waals surface area contributed by atoms with Crippen molar-refractivity contribution in [3.05, 3.63) is 64.7 Å². The van der Waals surface area contributed by atoms with E-state index in [0.717, 1.165) is 17.8 Å². The second kappa shape index (κ2) is 6.19. The maximum Gasteiger partial charge on any atom is 0.220 e. The van der Waals surface area contributed by atoms with Crippen LogP contribution in [0.15, 0.2) is 48.5 Å². The number of rotatable bonds is 4. The Labute approximate surface area is 129 Å². The molecule has 0 spiro atoms. The number of benzene rings is 2. The Hall–Kier alpha value is -2.00. The van der Waals surface area contributed by atoms with Crippen molar-refractivity contribution < 1.29 is 4.79 Å². The van der Waals surface area contributed by atoms with Gasteiger partial charge >= 0.3 is 0 Å². The molecule has 0 radical (unpaired) electrons. The smallest absolute Gasteiger partial charge is 0.220 e. The van der Waals surface area contributed by atoms with Crippen LogP contribution in [0.4, 0.5) is 5.69 Å². The second-order valence-corrected chi connectivity index (χ2v) is 5.71. The molecule has 1 aliphatic rings. The van der Waals surface area contributed by atoms with Gasteiger partial charge in [-0.3, -0.25) is 4.79 Å². The first kappa shape index (κ1) is 14.0. The van der Waals surface area contributed by atoms with E-state index >= 15 is 0 Å². The third-order valence-electron chi connectivity index (χ3n) is 3.77. The maximum absolute atomic E-state index is 12.1. The molecule has 0 saturated carbocycles. The molecule has 3 rings (SSSR count). The summed E-state index contributed by atoms with van der Waals surface area (Å²) in [6.07, 6.45) is 0.512. The molecular formula is C17H17ClN2O. The molecule has 0 saturated heterocycles. The summed E-state index contributed by atoms with van der Waals surface area (Å²) in [5.41, 5.74) is 3.44. The number of hydrogen-bond donors (Lipinski definition) is 2. The summed E-state index contributed by atoms with van der Waals surface area (Å²) in [7, 11) is 0. The normalized spacial score (nSPS) is 16.1. The van der Waals surface area contributed by atoms with Crippen LogP contribution in [-0.4, -0.2) is 12.5 Å². The summed E-state index contributed by atoms with van der Waals surface area (Å²) in [6, 6.07) is 15.7. The lowest BCUT2D eigenvalue weighted by molar-refractivity contribution is -0.121. The fourth-order valence-electron chi connectivity index (χ4n) is 2.64. The van der Waals surface area contributed by atoms with E-state index in [1.165, 1.54) is 5.56 Å². The highest BCUT2D eigenvalue weighted by Gasteiger charge is 2.23. The minimum atomic E-state index is 0.0773. The van der Waals surface area contributed by atoms with E-state index in [-0.39, 0.29) is 11.8 Å². The summed E-state index contributed by atoms with van der Waals surface area (Å²) in [5.74, 6) is 0.333. The van der Waals surface area contributed by atoms with Crippen molar-refractivity contribution in [3.63, 3.8) is 0 Å². The minimum absolute atomic E-state index is 0.0773. The quantitative estimate of drug-likeness (QED) is 0.906. The third-order valence-corrected chi connectivity index (χ3v) is 4.03. The number of para-hydroxylation sites is 1. The van der Waals surface area contributed by atoms with Gasteiger partial charge in [0.1, 0.15) is 0 Å². The molecule has 4 heteroatoms. The highest BCUT2D eigenvalue weighted by molar-refractivity contribution is 6.30. The fourth-order valence-corrected chi connectivity index (χ4v) is 2.76. The molecule has 2 aromatic rings. The standard InChI is InChI=1S/C17H17ClN2O/c18-14-7-5-12(6-8-14)10-20-17(21)9-13-11-19-16-4-2-1-3-15(13)16/h1-8,13,19H,9-11H2,(H,20,21). The van der Waals surface area contributed by atoms with E-state index in [1.54, 1.807) is 0 Å². The number of anilines is 1. The summed E-state index contributed by atoms with van der Waals surface area (Å²) in [4.78, 5) is 12.1. The zero-order valence-electron chi connectivity index (χ0n) is 11.6. The lowest BCUT2D eigenvalue weighted by Gasteiger charge is -2.10. The molecule has 0 bridgehead atoms. The van der Waals surface area contributed by atoms with Crippen LogP contribution in [0.1, 0.15) is 23.5 Å². The monoisotopic (exact) mass is 300 g/mol. The van der Waals surface area contributed by atoms with Gasteiger partial charge in [0, 0.05) is 36.1 Å². The van der Waals surface area contributed by atoms with Crippen LogP contribution < -0.4 is 10.6 Å². The molecule has 2 aromatic carbocycles. The van der Waals surface area contributed by atoms with Crippen LogP contribution in [-0.2, 0) is 11.3 Å². The van der Waals surface area contributed by atoms with Crippen molar-refractivity contribution in [2.45, 2.75) is 18.9 Å². The molecule has 0 aromatic heterocycles. The highest BCUT2D eigenvalue weighted by Crippen LogP contribution is 2.32. The van der Waals surface area contributed by atoms with Crippen molar-refractivity contribution >= 4 is 23.2 Å². The summed E-state index contributed by atoms with van der Waals surface area (Å²) >= 11 is 5.84. The van der Waals surface area contributed by atoms with E-state index in [0.29, 0.717) is 18.0 Å². The van der Waals surface area contributed by atoms with Gasteiger partial charge in [-0.05, 0) is 29.3 Å². The number of halogens is 1. The van der Waals surface area contributed by atoms with Gasteiger partial charge in [0.05, 0.1) is 0 Å². The first-order chi connectivity index (χ1) is 10.2. The summed E-state index contributed by atoms with van der Waals surface area (Å²) in [5, 5.41) is 7.01. The van der Waals surface area contributed by atoms with Crippen LogP contribution in [0.25, 0.3) is 0 Å². The van der Waals surface area contributed by atoms with Gasteiger partial charge in [0.2, 0.25) is 5.91 Å². The van der Waals surface area contributed by atoms with Crippen molar-refractivity contribution in [2.75, 3.05) is 11.9 Å². The first-order valence-corrected chi connectivity index (χ1v) is 7.44. The van der Waals surface area contributed by atoms with Gasteiger partial charge in [0.25, 0.3) is 0 Å². The Morgan fingerprint density at radius 2 is 1.95 bits per heavy atom. The third kappa shape index (κ3) is 3.37. The molecule has 1 amide bonds. The average molecular weight is 301 g/mol. The Bertz CT molecular complexity index is 639. The van der Waals surface area contributed by atoms with Gasteiger partial charge in [-0.15, -0.1) is 0 Å². The topological polar surface area (TPSA) is 41.1 Å². The number of hydrogen-bond acceptors (Lipinski definition) is 2. The molecule has 1 aliphatic heterocycles. The van der Waals surface area contributed by atoms with E-state index in [4.69, 9.17) is 11.6 Å². The van der Waals surface area contributed by atoms with Gasteiger partial charge < -0.3 is 10.6 Å². The molecule has 3 nitrogen and oxygen atoms in total. The van der Waals surface area contributed by atoms with Gasteiger partial charge in [-0.2, -0.15) is 0 Å².